The van der Waals surface area contributed by atoms with E-state index in [0.29, 0.717) is 26.1 Å². The summed E-state index contributed by atoms with van der Waals surface area (Å²) in [5.41, 5.74) is 14.6. The summed E-state index contributed by atoms with van der Waals surface area (Å²) < 4.78 is 8.73. The van der Waals surface area contributed by atoms with Gasteiger partial charge in [-0.1, -0.05) is 73.8 Å². The Morgan fingerprint density at radius 3 is 1.68 bits per heavy atom. The van der Waals surface area contributed by atoms with Crippen molar-refractivity contribution in [2.45, 2.75) is 106 Å². The summed E-state index contributed by atoms with van der Waals surface area (Å²) in [6, 6.07) is 24.1. The number of hydrogen-bond donors (Lipinski definition) is 3. The number of rotatable bonds is 12. The lowest BCUT2D eigenvalue weighted by Crippen LogP contribution is -2.37. The summed E-state index contributed by atoms with van der Waals surface area (Å²) in [4.78, 5) is 63.9. The fraction of sp³-hybridized carbons (Fsp3) is 0.345. The van der Waals surface area contributed by atoms with Crippen LogP contribution in [0.15, 0.2) is 97.6 Å². The quantitative estimate of drug-likeness (QED) is 0.0984. The van der Waals surface area contributed by atoms with Gasteiger partial charge in [0.15, 0.2) is 0 Å². The zero-order chi connectivity index (χ0) is 50.9. The average Bonchev–Trinajstić information content (AvgIpc) is 4.05. The molecule has 2 aliphatic rings. The second-order valence-corrected chi connectivity index (χ2v) is 17.5. The highest BCUT2D eigenvalue weighted by molar-refractivity contribution is 5.90. The molecule has 19 heteroatoms. The van der Waals surface area contributed by atoms with Crippen LogP contribution in [0.3, 0.4) is 0 Å². The van der Waals surface area contributed by atoms with Crippen molar-refractivity contribution >= 4 is 45.9 Å². The number of esters is 1. The molecule has 2 unspecified atom stereocenters. The molecule has 386 valence electrons. The van der Waals surface area contributed by atoms with E-state index in [1.54, 1.807) is 29.4 Å². The Morgan fingerprint density at radius 2 is 1.18 bits per heavy atom. The molecule has 10 rings (SSSR count). The third-order valence-corrected chi connectivity index (χ3v) is 13.3. The molecular weight excluding hydrogens is 941 g/mol. The minimum atomic E-state index is -1.10. The largest absolute Gasteiger partial charge is 0.481 e. The molecule has 2 aliphatic heterocycles. The molecule has 0 aliphatic carbocycles. The fourth-order valence-corrected chi connectivity index (χ4v) is 9.47. The van der Waals surface area contributed by atoms with E-state index in [0.717, 1.165) is 93.5 Å². The predicted molar refractivity (Wildman–Crippen MR) is 280 cm³/mol. The summed E-state index contributed by atoms with van der Waals surface area (Å²) in [6.07, 6.45) is 7.92. The SMILES string of the molecule is C.C.CCn1nnc2c(C)c(C(CC(=O)O)c3ccc4c(c3)CN(C(=O)c3ncccn3)CC4)ccc21.CCn1nnc2c(C)c(C(CC(=O)OC)c3ccc4c(c3)CNCC4)ccc21.O=C(O)c1ncccn1. The number of aromatic carboxylic acids is 1. The van der Waals surface area contributed by atoms with Crippen LogP contribution in [0.5, 0.6) is 0 Å². The lowest BCUT2D eigenvalue weighted by molar-refractivity contribution is -0.141. The van der Waals surface area contributed by atoms with Crippen LogP contribution in [0.1, 0.15) is 130 Å². The Bertz CT molecular complexity index is 3250. The van der Waals surface area contributed by atoms with Crippen molar-refractivity contribution in [2.24, 2.45) is 0 Å². The van der Waals surface area contributed by atoms with Gasteiger partial charge >= 0.3 is 17.9 Å². The van der Waals surface area contributed by atoms with E-state index in [4.69, 9.17) is 9.84 Å². The molecule has 8 aromatic rings. The molecule has 6 heterocycles. The van der Waals surface area contributed by atoms with Crippen LogP contribution in [0.25, 0.3) is 22.1 Å². The number of carboxylic acids is 2. The first-order chi connectivity index (χ1) is 34.9. The lowest BCUT2D eigenvalue weighted by Gasteiger charge is -2.29. The van der Waals surface area contributed by atoms with Crippen molar-refractivity contribution in [3.05, 3.63) is 165 Å². The van der Waals surface area contributed by atoms with Gasteiger partial charge in [-0.05, 0) is 127 Å². The van der Waals surface area contributed by atoms with Gasteiger partial charge in [-0.25, -0.2) is 34.1 Å². The smallest absolute Gasteiger partial charge is 0.373 e. The van der Waals surface area contributed by atoms with E-state index in [1.807, 2.05) is 47.5 Å². The summed E-state index contributed by atoms with van der Waals surface area (Å²) in [7, 11) is 1.44. The molecule has 2 atom stereocenters. The third-order valence-electron chi connectivity index (χ3n) is 13.3. The average molecular weight is 1010 g/mol. The number of aromatic nitrogens is 10. The standard InChI is InChI=1S/C26H26N6O3.C22H26N4O2.C5H4N2O2.2CH4/c1-3-32-22-8-7-20(16(2)24(22)29-30-32)21(14-23(33)34)18-6-5-17-9-12-31(15-19(17)13-18)26(35)25-27-10-4-11-28-25;1-4-26-20-8-7-18(14(2)22(20)24-25-26)19(12-21(27)28-3)16-6-5-15-9-10-23-13-17(15)11-16;8-5(9)4-6-2-1-3-7-4;;/h4-8,10-11,13,21H,3,9,12,14-15H2,1-2H3,(H,33,34);5-8,11,19,23H,4,9-10,12-13H2,1-3H3;1-3H,(H,8,9);2*1H4. The molecule has 1 amide bonds. The minimum absolute atomic E-state index is 0. The third kappa shape index (κ3) is 12.1. The second-order valence-electron chi connectivity index (χ2n) is 17.5. The molecule has 0 radical (unpaired) electrons. The summed E-state index contributed by atoms with van der Waals surface area (Å²) in [5.74, 6) is -2.80. The van der Waals surface area contributed by atoms with Crippen LogP contribution < -0.4 is 5.32 Å². The molecule has 0 saturated heterocycles. The van der Waals surface area contributed by atoms with Gasteiger partial charge in [-0.3, -0.25) is 14.4 Å². The molecule has 3 N–H and O–H groups in total. The van der Waals surface area contributed by atoms with Crippen molar-refractivity contribution in [1.82, 2.24) is 60.1 Å². The van der Waals surface area contributed by atoms with Gasteiger partial charge in [0, 0.05) is 69.3 Å². The highest BCUT2D eigenvalue weighted by atomic mass is 16.5. The Hall–Kier alpha value is -8.32. The highest BCUT2D eigenvalue weighted by Crippen LogP contribution is 2.37. The number of nitrogens with zero attached hydrogens (tertiary/aromatic N) is 11. The fourth-order valence-electron chi connectivity index (χ4n) is 9.47. The maximum absolute atomic E-state index is 12.9. The van der Waals surface area contributed by atoms with Crippen molar-refractivity contribution < 1.29 is 34.1 Å². The number of hydrogen-bond acceptors (Lipinski definition) is 14. The maximum atomic E-state index is 12.9. The number of carbonyl (C=O) groups is 4. The van der Waals surface area contributed by atoms with Crippen molar-refractivity contribution in [3.8, 4) is 0 Å². The Kier molecular flexibility index (Phi) is 18.5. The van der Waals surface area contributed by atoms with Gasteiger partial charge in [-0.15, -0.1) is 10.2 Å². The molecule has 0 saturated carbocycles. The van der Waals surface area contributed by atoms with Gasteiger partial charge in [0.05, 0.1) is 31.0 Å². The normalized spacial score (nSPS) is 13.3. The number of methoxy groups -OCH3 is 1. The number of amides is 1. The van der Waals surface area contributed by atoms with E-state index >= 15 is 0 Å². The van der Waals surface area contributed by atoms with Crippen LogP contribution in [0.4, 0.5) is 0 Å². The van der Waals surface area contributed by atoms with E-state index < -0.39 is 11.9 Å². The molecule has 4 aromatic heterocycles. The number of aliphatic carboxylic acids is 1. The van der Waals surface area contributed by atoms with Crippen LogP contribution in [0.2, 0.25) is 0 Å². The number of carboxylic acid groups (broad SMARTS) is 2. The van der Waals surface area contributed by atoms with Crippen molar-refractivity contribution in [1.29, 1.82) is 0 Å². The minimum Gasteiger partial charge on any atom is -0.481 e. The molecule has 74 heavy (non-hydrogen) atoms. The molecule has 0 spiro atoms. The zero-order valence-electron chi connectivity index (χ0n) is 40.8. The number of nitrogens with one attached hydrogen (secondary N) is 1. The monoisotopic (exact) mass is 1000 g/mol. The second kappa shape index (κ2) is 24.9. The van der Waals surface area contributed by atoms with Gasteiger partial charge < -0.3 is 25.2 Å². The Morgan fingerprint density at radius 1 is 0.662 bits per heavy atom. The van der Waals surface area contributed by atoms with Crippen LogP contribution in [-0.4, -0.2) is 109 Å². The Balaban J connectivity index is 0.000000205. The lowest BCUT2D eigenvalue weighted by atomic mass is 9.83. The molecule has 4 aromatic carbocycles. The topological polar surface area (TPSA) is 246 Å². The van der Waals surface area contributed by atoms with E-state index in [-0.39, 0.29) is 56.6 Å². The van der Waals surface area contributed by atoms with Crippen LogP contribution in [-0.2, 0) is 53.3 Å². The number of carbonyl (C=O) groups excluding carboxylic acids is 2. The van der Waals surface area contributed by atoms with Gasteiger partial charge in [0.25, 0.3) is 5.91 Å². The van der Waals surface area contributed by atoms with E-state index in [1.165, 1.54) is 36.2 Å². The van der Waals surface area contributed by atoms with Crippen LogP contribution in [0, 0.1) is 13.8 Å². The molecule has 0 bridgehead atoms. The maximum Gasteiger partial charge on any atom is 0.373 e. The number of fused-ring (bicyclic) bond motifs is 4. The summed E-state index contributed by atoms with van der Waals surface area (Å²) in [5, 5.41) is 38.6. The van der Waals surface area contributed by atoms with Gasteiger partial charge in [0.1, 0.15) is 11.0 Å². The predicted octanol–water partition coefficient (Wildman–Crippen LogP) is 7.90. The number of benzene rings is 4. The first-order valence-electron chi connectivity index (χ1n) is 23.8. The van der Waals surface area contributed by atoms with E-state index in [9.17, 15) is 24.3 Å². The Labute approximate surface area is 430 Å². The number of ether oxygens (including phenoxy) is 1. The zero-order valence-corrected chi connectivity index (χ0v) is 40.8. The first kappa shape index (κ1) is 55.0. The summed E-state index contributed by atoms with van der Waals surface area (Å²) >= 11 is 0. The molecular formula is C55H64N12O7. The van der Waals surface area contributed by atoms with Gasteiger partial charge in [-0.2, -0.15) is 0 Å². The molecule has 0 fully saturated rings. The van der Waals surface area contributed by atoms with Crippen molar-refractivity contribution in [2.75, 3.05) is 20.2 Å². The number of aryl methyl sites for hydroxylation is 4. The highest BCUT2D eigenvalue weighted by Gasteiger charge is 2.28. The van der Waals surface area contributed by atoms with Crippen molar-refractivity contribution in [3.63, 3.8) is 0 Å². The van der Waals surface area contributed by atoms with Gasteiger partial charge in [0.2, 0.25) is 11.6 Å². The summed E-state index contributed by atoms with van der Waals surface area (Å²) in [6.45, 7) is 12.5. The molecule has 19 nitrogen and oxygen atoms in total. The van der Waals surface area contributed by atoms with Crippen LogP contribution >= 0.6 is 0 Å². The van der Waals surface area contributed by atoms with E-state index in [2.05, 4.69) is 96.1 Å². The first-order valence-corrected chi connectivity index (χ1v) is 23.8.